The Balaban J connectivity index is 1.81. The minimum absolute atomic E-state index is 0.160. The van der Waals surface area contributed by atoms with Gasteiger partial charge >= 0.3 is 0 Å². The van der Waals surface area contributed by atoms with Crippen LogP contribution in [0.15, 0.2) is 0 Å². The van der Waals surface area contributed by atoms with Gasteiger partial charge in [-0.3, -0.25) is 4.79 Å². The largest absolute Gasteiger partial charge is 0.396 e. The van der Waals surface area contributed by atoms with Gasteiger partial charge in [0.15, 0.2) is 0 Å². The van der Waals surface area contributed by atoms with E-state index in [9.17, 15) is 4.79 Å². The number of hydrogen-bond acceptors (Lipinski definition) is 2. The molecular weight excluding hydrogens is 202 g/mol. The molecule has 0 spiro atoms. The number of carbonyl (C=O) groups is 1. The van der Waals surface area contributed by atoms with E-state index in [-0.39, 0.29) is 18.4 Å². The summed E-state index contributed by atoms with van der Waals surface area (Å²) < 4.78 is 0. The minimum Gasteiger partial charge on any atom is -0.396 e. The van der Waals surface area contributed by atoms with Crippen LogP contribution in [0.25, 0.3) is 0 Å². The number of nitrogens with zero attached hydrogens (tertiary/aromatic N) is 1. The molecule has 0 aromatic heterocycles. The van der Waals surface area contributed by atoms with Crippen LogP contribution in [0.3, 0.4) is 0 Å². The van der Waals surface area contributed by atoms with E-state index in [0.717, 1.165) is 13.1 Å². The molecular formula is C13H23NO2. The highest BCUT2D eigenvalue weighted by atomic mass is 16.3. The summed E-state index contributed by atoms with van der Waals surface area (Å²) in [4.78, 5) is 13.7. The first-order valence-electron chi connectivity index (χ1n) is 6.68. The van der Waals surface area contributed by atoms with Crippen molar-refractivity contribution in [3.8, 4) is 0 Å². The average Bonchev–Trinajstić information content (AvgIpc) is 2.51. The fourth-order valence-electron chi connectivity index (χ4n) is 3.01. The van der Waals surface area contributed by atoms with E-state index in [1.807, 2.05) is 4.90 Å². The molecule has 3 heteroatoms. The van der Waals surface area contributed by atoms with Gasteiger partial charge in [-0.2, -0.15) is 0 Å². The van der Waals surface area contributed by atoms with E-state index in [2.05, 4.69) is 0 Å². The zero-order valence-electron chi connectivity index (χ0n) is 10.0. The number of rotatable bonds is 3. The second-order valence-electron chi connectivity index (χ2n) is 5.41. The van der Waals surface area contributed by atoms with Crippen LogP contribution in [-0.2, 0) is 4.79 Å². The van der Waals surface area contributed by atoms with Gasteiger partial charge in [0.25, 0.3) is 0 Å². The van der Waals surface area contributed by atoms with Gasteiger partial charge in [0.05, 0.1) is 0 Å². The lowest BCUT2D eigenvalue weighted by Crippen LogP contribution is -2.31. The lowest BCUT2D eigenvalue weighted by molar-refractivity contribution is -0.128. The Morgan fingerprint density at radius 1 is 1.12 bits per heavy atom. The molecule has 1 aliphatic carbocycles. The normalized spacial score (nSPS) is 28.4. The monoisotopic (exact) mass is 225 g/mol. The second kappa shape index (κ2) is 5.67. The smallest absolute Gasteiger partial charge is 0.223 e. The molecule has 0 aromatic carbocycles. The highest BCUT2D eigenvalue weighted by Gasteiger charge is 2.30. The van der Waals surface area contributed by atoms with Crippen molar-refractivity contribution >= 4 is 5.91 Å². The average molecular weight is 225 g/mol. The summed E-state index contributed by atoms with van der Waals surface area (Å²) in [6.45, 7) is 1.88. The van der Waals surface area contributed by atoms with E-state index in [0.29, 0.717) is 12.3 Å². The summed E-state index contributed by atoms with van der Waals surface area (Å²) in [5.74, 6) is 1.16. The molecule has 3 nitrogen and oxygen atoms in total. The Morgan fingerprint density at radius 2 is 1.81 bits per heavy atom. The predicted molar refractivity (Wildman–Crippen MR) is 63.0 cm³/mol. The molecule has 1 saturated heterocycles. The van der Waals surface area contributed by atoms with Gasteiger partial charge in [0, 0.05) is 32.0 Å². The van der Waals surface area contributed by atoms with Gasteiger partial charge in [-0.25, -0.2) is 0 Å². The van der Waals surface area contributed by atoms with Crippen molar-refractivity contribution in [1.82, 2.24) is 4.90 Å². The topological polar surface area (TPSA) is 40.5 Å². The molecule has 1 aliphatic heterocycles. The Labute approximate surface area is 97.8 Å². The van der Waals surface area contributed by atoms with Crippen molar-refractivity contribution < 1.29 is 9.90 Å². The summed E-state index contributed by atoms with van der Waals surface area (Å²) in [5.41, 5.74) is 0. The van der Waals surface area contributed by atoms with Crippen molar-refractivity contribution in [3.63, 3.8) is 0 Å². The fraction of sp³-hybridized carbons (Fsp3) is 0.923. The summed E-state index contributed by atoms with van der Waals surface area (Å²) in [6.07, 6.45) is 8.52. The van der Waals surface area contributed by atoms with Gasteiger partial charge in [0.2, 0.25) is 5.91 Å². The summed E-state index contributed by atoms with van der Waals surface area (Å²) in [6, 6.07) is 0. The van der Waals surface area contributed by atoms with Gasteiger partial charge in [-0.1, -0.05) is 25.7 Å². The van der Waals surface area contributed by atoms with Crippen molar-refractivity contribution in [2.75, 3.05) is 19.7 Å². The molecule has 2 rings (SSSR count). The molecule has 1 amide bonds. The van der Waals surface area contributed by atoms with Crippen LogP contribution in [0.4, 0.5) is 0 Å². The van der Waals surface area contributed by atoms with Crippen LogP contribution in [0.1, 0.15) is 44.9 Å². The molecule has 2 aliphatic rings. The van der Waals surface area contributed by atoms with Crippen molar-refractivity contribution in [2.45, 2.75) is 44.9 Å². The van der Waals surface area contributed by atoms with Gasteiger partial charge < -0.3 is 10.0 Å². The van der Waals surface area contributed by atoms with Crippen molar-refractivity contribution in [2.24, 2.45) is 11.8 Å². The summed E-state index contributed by atoms with van der Waals surface area (Å²) >= 11 is 0. The SMILES string of the molecule is O=C1CC(CO)CN1CC1CCCCCC1. The zero-order valence-corrected chi connectivity index (χ0v) is 10.0. The molecule has 1 saturated carbocycles. The Hall–Kier alpha value is -0.570. The number of hydrogen-bond donors (Lipinski definition) is 1. The third-order valence-electron chi connectivity index (χ3n) is 4.01. The van der Waals surface area contributed by atoms with E-state index >= 15 is 0 Å². The molecule has 0 aromatic rings. The Kier molecular flexibility index (Phi) is 4.22. The first-order chi connectivity index (χ1) is 7.79. The van der Waals surface area contributed by atoms with Crippen LogP contribution >= 0.6 is 0 Å². The van der Waals surface area contributed by atoms with Crippen LogP contribution in [0, 0.1) is 11.8 Å². The zero-order chi connectivity index (χ0) is 11.4. The highest BCUT2D eigenvalue weighted by molar-refractivity contribution is 5.78. The lowest BCUT2D eigenvalue weighted by atomic mass is 10.00. The molecule has 1 unspecified atom stereocenters. The van der Waals surface area contributed by atoms with Crippen LogP contribution < -0.4 is 0 Å². The van der Waals surface area contributed by atoms with Crippen LogP contribution in [0.5, 0.6) is 0 Å². The summed E-state index contributed by atoms with van der Waals surface area (Å²) in [7, 11) is 0. The Morgan fingerprint density at radius 3 is 2.38 bits per heavy atom. The quantitative estimate of drug-likeness (QED) is 0.744. The van der Waals surface area contributed by atoms with Crippen LogP contribution in [-0.4, -0.2) is 35.6 Å². The van der Waals surface area contributed by atoms with E-state index < -0.39 is 0 Å². The van der Waals surface area contributed by atoms with Gasteiger partial charge in [-0.05, 0) is 18.8 Å². The van der Waals surface area contributed by atoms with Gasteiger partial charge in [0.1, 0.15) is 0 Å². The first kappa shape index (κ1) is 11.9. The molecule has 1 N–H and O–H groups in total. The number of likely N-dealkylation sites (tertiary alicyclic amines) is 1. The Bertz CT molecular complexity index is 234. The highest BCUT2D eigenvalue weighted by Crippen LogP contribution is 2.26. The fourth-order valence-corrected chi connectivity index (χ4v) is 3.01. The third kappa shape index (κ3) is 2.97. The van der Waals surface area contributed by atoms with E-state index in [4.69, 9.17) is 5.11 Å². The predicted octanol–water partition coefficient (Wildman–Crippen LogP) is 1.80. The first-order valence-corrected chi connectivity index (χ1v) is 6.68. The molecule has 1 heterocycles. The third-order valence-corrected chi connectivity index (χ3v) is 4.01. The molecule has 16 heavy (non-hydrogen) atoms. The number of aliphatic hydroxyl groups is 1. The maximum Gasteiger partial charge on any atom is 0.223 e. The maximum absolute atomic E-state index is 11.7. The molecule has 1 atom stereocenters. The number of amides is 1. The maximum atomic E-state index is 11.7. The van der Waals surface area contributed by atoms with Gasteiger partial charge in [-0.15, -0.1) is 0 Å². The standard InChI is InChI=1S/C13H23NO2/c15-10-12-7-13(16)14(9-12)8-11-5-3-1-2-4-6-11/h11-12,15H,1-10H2. The molecule has 2 fully saturated rings. The minimum atomic E-state index is 0.160. The number of aliphatic hydroxyl groups excluding tert-OH is 1. The van der Waals surface area contributed by atoms with E-state index in [1.54, 1.807) is 0 Å². The van der Waals surface area contributed by atoms with Crippen LogP contribution in [0.2, 0.25) is 0 Å². The lowest BCUT2D eigenvalue weighted by Gasteiger charge is -2.22. The molecule has 0 radical (unpaired) electrons. The van der Waals surface area contributed by atoms with Crippen molar-refractivity contribution in [3.05, 3.63) is 0 Å². The molecule has 92 valence electrons. The number of carbonyl (C=O) groups excluding carboxylic acids is 1. The van der Waals surface area contributed by atoms with Crippen molar-refractivity contribution in [1.29, 1.82) is 0 Å². The molecule has 0 bridgehead atoms. The van der Waals surface area contributed by atoms with E-state index in [1.165, 1.54) is 38.5 Å². The summed E-state index contributed by atoms with van der Waals surface area (Å²) in [5, 5.41) is 9.07. The second-order valence-corrected chi connectivity index (χ2v) is 5.41.